The summed E-state index contributed by atoms with van der Waals surface area (Å²) in [5.41, 5.74) is 0. The molecule has 0 spiro atoms. The highest BCUT2D eigenvalue weighted by atomic mass is 32.2. The molecule has 2 atom stereocenters. The lowest BCUT2D eigenvalue weighted by Gasteiger charge is -2.11. The highest BCUT2D eigenvalue weighted by Crippen LogP contribution is 2.05. The van der Waals surface area contributed by atoms with E-state index in [1.54, 1.807) is 35.7 Å². The molecule has 0 aliphatic rings. The minimum atomic E-state index is -0.444. The Morgan fingerprint density at radius 2 is 1.22 bits per heavy atom. The number of hydrogen-bond donors (Lipinski definition) is 2. The number of hydrogen-bond acceptors (Lipinski definition) is 7. The molecule has 23 heavy (non-hydrogen) atoms. The summed E-state index contributed by atoms with van der Waals surface area (Å²) >= 11 is 3.29. The average molecular weight is 367 g/mol. The second-order valence-corrected chi connectivity index (χ2v) is 7.02. The zero-order chi connectivity index (χ0) is 17.2. The summed E-state index contributed by atoms with van der Waals surface area (Å²) in [4.78, 5) is 0. The maximum Gasteiger partial charge on any atom is 0.0863 e. The zero-order valence-corrected chi connectivity index (χ0v) is 15.4. The van der Waals surface area contributed by atoms with E-state index in [1.165, 1.54) is 0 Å². The van der Waals surface area contributed by atoms with E-state index < -0.39 is 12.2 Å². The van der Waals surface area contributed by atoms with Crippen LogP contribution in [0.5, 0.6) is 0 Å². The summed E-state index contributed by atoms with van der Waals surface area (Å²) in [6.07, 6.45) is 2.44. The molecular weight excluding hydrogens is 336 g/mol. The van der Waals surface area contributed by atoms with E-state index in [1.807, 2.05) is 0 Å². The van der Waals surface area contributed by atoms with Crippen molar-refractivity contribution in [3.05, 3.63) is 25.3 Å². The van der Waals surface area contributed by atoms with Crippen LogP contribution >= 0.6 is 23.5 Å². The zero-order valence-electron chi connectivity index (χ0n) is 13.7. The molecule has 0 saturated carbocycles. The summed E-state index contributed by atoms with van der Waals surface area (Å²) in [7, 11) is 0. The van der Waals surface area contributed by atoms with E-state index >= 15 is 0 Å². The van der Waals surface area contributed by atoms with Crippen LogP contribution in [0.2, 0.25) is 0 Å². The van der Waals surface area contributed by atoms with Gasteiger partial charge in [0.15, 0.2) is 0 Å². The number of thioether (sulfide) groups is 2. The third kappa shape index (κ3) is 18.2. The van der Waals surface area contributed by atoms with Crippen molar-refractivity contribution in [2.45, 2.75) is 12.2 Å². The molecule has 0 heterocycles. The highest BCUT2D eigenvalue weighted by Gasteiger charge is 2.05. The first-order valence-electron chi connectivity index (χ1n) is 7.67. The van der Waals surface area contributed by atoms with Gasteiger partial charge in [0, 0.05) is 23.0 Å². The van der Waals surface area contributed by atoms with Crippen LogP contribution in [0.1, 0.15) is 0 Å². The van der Waals surface area contributed by atoms with Crippen LogP contribution in [0.15, 0.2) is 25.3 Å². The van der Waals surface area contributed by atoms with Crippen molar-refractivity contribution in [1.29, 1.82) is 0 Å². The molecular formula is C16H30O5S2. The lowest BCUT2D eigenvalue weighted by atomic mass is 10.4. The van der Waals surface area contributed by atoms with E-state index in [4.69, 9.17) is 14.2 Å². The van der Waals surface area contributed by atoms with Gasteiger partial charge < -0.3 is 24.4 Å². The molecule has 136 valence electrons. The lowest BCUT2D eigenvalue weighted by Crippen LogP contribution is -2.19. The predicted octanol–water partition coefficient (Wildman–Crippen LogP) is 1.60. The second kappa shape index (κ2) is 18.3. The smallest absolute Gasteiger partial charge is 0.0863 e. The topological polar surface area (TPSA) is 68.2 Å². The van der Waals surface area contributed by atoms with Crippen molar-refractivity contribution in [2.75, 3.05) is 62.7 Å². The Bertz CT molecular complexity index is 253. The monoisotopic (exact) mass is 366 g/mol. The Labute approximate surface area is 148 Å². The van der Waals surface area contributed by atoms with Crippen LogP contribution in [-0.4, -0.2) is 85.1 Å². The maximum atomic E-state index is 9.61. The number of aliphatic hydroxyl groups is 2. The van der Waals surface area contributed by atoms with Gasteiger partial charge in [-0.1, -0.05) is 12.2 Å². The van der Waals surface area contributed by atoms with Crippen molar-refractivity contribution in [1.82, 2.24) is 0 Å². The van der Waals surface area contributed by atoms with Gasteiger partial charge in [0.25, 0.3) is 0 Å². The van der Waals surface area contributed by atoms with Crippen LogP contribution in [-0.2, 0) is 14.2 Å². The third-order valence-electron chi connectivity index (χ3n) is 2.46. The van der Waals surface area contributed by atoms with Crippen molar-refractivity contribution in [3.8, 4) is 0 Å². The van der Waals surface area contributed by atoms with Gasteiger partial charge >= 0.3 is 0 Å². The van der Waals surface area contributed by atoms with E-state index in [0.29, 0.717) is 51.1 Å². The Hall–Kier alpha value is -0.0200. The van der Waals surface area contributed by atoms with Crippen LogP contribution in [0.25, 0.3) is 0 Å². The largest absolute Gasteiger partial charge is 0.390 e. The van der Waals surface area contributed by atoms with Crippen LogP contribution in [0, 0.1) is 0 Å². The molecule has 0 aliphatic heterocycles. The van der Waals surface area contributed by atoms with Crippen molar-refractivity contribution in [3.63, 3.8) is 0 Å². The van der Waals surface area contributed by atoms with E-state index in [-0.39, 0.29) is 0 Å². The van der Waals surface area contributed by atoms with Gasteiger partial charge in [-0.2, -0.15) is 23.5 Å². The summed E-state index contributed by atoms with van der Waals surface area (Å²) in [6.45, 7) is 10.0. The molecule has 0 saturated heterocycles. The lowest BCUT2D eigenvalue weighted by molar-refractivity contribution is 0.0624. The molecule has 2 N–H and O–H groups in total. The molecule has 7 heteroatoms. The first-order valence-corrected chi connectivity index (χ1v) is 9.98. The van der Waals surface area contributed by atoms with Gasteiger partial charge in [0.2, 0.25) is 0 Å². The van der Waals surface area contributed by atoms with Crippen molar-refractivity contribution < 1.29 is 24.4 Å². The molecule has 2 unspecified atom stereocenters. The first-order chi connectivity index (χ1) is 11.2. The van der Waals surface area contributed by atoms with E-state index in [9.17, 15) is 10.2 Å². The van der Waals surface area contributed by atoms with Crippen molar-refractivity contribution >= 4 is 23.5 Å². The summed E-state index contributed by atoms with van der Waals surface area (Å²) in [5, 5.41) is 19.2. The highest BCUT2D eigenvalue weighted by molar-refractivity contribution is 7.99. The molecule has 0 radical (unpaired) electrons. The van der Waals surface area contributed by atoms with E-state index in [2.05, 4.69) is 13.2 Å². The van der Waals surface area contributed by atoms with Gasteiger partial charge in [-0.25, -0.2) is 0 Å². The first kappa shape index (κ1) is 23.0. The molecule has 5 nitrogen and oxygen atoms in total. The van der Waals surface area contributed by atoms with Gasteiger partial charge in [0.05, 0.1) is 51.8 Å². The Balaban J connectivity index is 3.21. The third-order valence-corrected chi connectivity index (χ3v) is 4.61. The molecule has 0 rings (SSSR count). The predicted molar refractivity (Wildman–Crippen MR) is 99.5 cm³/mol. The second-order valence-electron chi connectivity index (χ2n) is 4.72. The molecule has 0 bridgehead atoms. The van der Waals surface area contributed by atoms with Gasteiger partial charge in [-0.05, 0) is 0 Å². The molecule has 0 fully saturated rings. The fourth-order valence-electron chi connectivity index (χ4n) is 1.45. The number of aliphatic hydroxyl groups excluding tert-OH is 2. The summed E-state index contributed by atoms with van der Waals surface area (Å²) < 4.78 is 15.8. The van der Waals surface area contributed by atoms with Gasteiger partial charge in [-0.3, -0.25) is 0 Å². The number of rotatable bonds is 18. The van der Waals surface area contributed by atoms with Crippen LogP contribution < -0.4 is 0 Å². The molecule has 0 aromatic heterocycles. The standard InChI is InChI=1S/C16H30O5S2/c1-3-5-20-11-15(17)13-22-9-7-19-8-10-23-14-16(18)12-21-6-4-2/h3-4,15-18H,1-2,5-14H2. The fourth-order valence-corrected chi connectivity index (χ4v) is 2.99. The minimum Gasteiger partial charge on any atom is -0.390 e. The SMILES string of the molecule is C=CCOCC(O)CSCCOCCSCC(O)COCC=C. The fraction of sp³-hybridized carbons (Fsp3) is 0.750. The number of ether oxygens (including phenoxy) is 3. The Morgan fingerprint density at radius 3 is 1.61 bits per heavy atom. The van der Waals surface area contributed by atoms with Crippen molar-refractivity contribution in [2.24, 2.45) is 0 Å². The van der Waals surface area contributed by atoms with Crippen LogP contribution in [0.3, 0.4) is 0 Å². The summed E-state index contributed by atoms with van der Waals surface area (Å²) in [5.74, 6) is 2.99. The Morgan fingerprint density at radius 1 is 0.783 bits per heavy atom. The molecule has 0 aromatic carbocycles. The average Bonchev–Trinajstić information content (AvgIpc) is 2.53. The quantitative estimate of drug-likeness (QED) is 0.282. The van der Waals surface area contributed by atoms with Gasteiger partial charge in [-0.15, -0.1) is 13.2 Å². The minimum absolute atomic E-state index is 0.343. The normalized spacial score (nSPS) is 13.7. The van der Waals surface area contributed by atoms with Gasteiger partial charge in [0.1, 0.15) is 0 Å². The van der Waals surface area contributed by atoms with E-state index in [0.717, 1.165) is 11.5 Å². The molecule has 0 amide bonds. The summed E-state index contributed by atoms with van der Waals surface area (Å²) in [6, 6.07) is 0. The Kier molecular flexibility index (Phi) is 18.3. The maximum absolute atomic E-state index is 9.61. The molecule has 0 aliphatic carbocycles. The molecule has 0 aromatic rings. The van der Waals surface area contributed by atoms with Crippen LogP contribution in [0.4, 0.5) is 0 Å².